The fourth-order valence-corrected chi connectivity index (χ4v) is 5.16. The quantitative estimate of drug-likeness (QED) is 0.167. The van der Waals surface area contributed by atoms with Crippen LogP contribution >= 0.6 is 0 Å². The highest BCUT2D eigenvalue weighted by molar-refractivity contribution is 5.97. The molecular formula is C35H36F3N3O3. The Labute approximate surface area is 255 Å². The maximum absolute atomic E-state index is 13.6. The van der Waals surface area contributed by atoms with Crippen molar-refractivity contribution in [2.24, 2.45) is 0 Å². The average Bonchev–Trinajstić information content (AvgIpc) is 3.04. The molecule has 0 saturated carbocycles. The van der Waals surface area contributed by atoms with Crippen molar-refractivity contribution < 1.29 is 27.4 Å². The van der Waals surface area contributed by atoms with Gasteiger partial charge in [0, 0.05) is 30.9 Å². The Balaban J connectivity index is 1.16. The molecule has 1 heterocycles. The van der Waals surface area contributed by atoms with Gasteiger partial charge in [-0.05, 0) is 66.4 Å². The maximum atomic E-state index is 13.6. The molecule has 1 fully saturated rings. The molecule has 0 unspecified atom stereocenters. The van der Waals surface area contributed by atoms with Gasteiger partial charge in [-0.1, -0.05) is 66.7 Å². The topological polar surface area (TPSA) is 71.6 Å². The van der Waals surface area contributed by atoms with Crippen LogP contribution in [0.25, 0.3) is 0 Å². The Morgan fingerprint density at radius 1 is 0.864 bits per heavy atom. The first-order valence-corrected chi connectivity index (χ1v) is 14.7. The molecule has 4 aromatic carbocycles. The molecule has 3 atom stereocenters. The number of hydrogen-bond acceptors (Lipinski definition) is 5. The smallest absolute Gasteiger partial charge is 0.416 e. The third-order valence-corrected chi connectivity index (χ3v) is 7.47. The number of carbonyl (C=O) groups is 1. The SMILES string of the molecule is O=C(Nc1ccccc1CC[C@@H]1CNC[C@@H](COc2ccc(C(F)(F)F)cc2)O1)[C@H](Cc1ccccc1)Nc1ccccc1. The molecule has 4 aromatic rings. The highest BCUT2D eigenvalue weighted by Crippen LogP contribution is 2.30. The summed E-state index contributed by atoms with van der Waals surface area (Å²) in [5.41, 5.74) is 2.98. The van der Waals surface area contributed by atoms with Gasteiger partial charge in [0.2, 0.25) is 5.91 Å². The van der Waals surface area contributed by atoms with Gasteiger partial charge in [0.1, 0.15) is 24.5 Å². The number of para-hydroxylation sites is 2. The highest BCUT2D eigenvalue weighted by Gasteiger charge is 2.30. The first-order valence-electron chi connectivity index (χ1n) is 14.7. The van der Waals surface area contributed by atoms with Crippen LogP contribution in [0.1, 0.15) is 23.1 Å². The van der Waals surface area contributed by atoms with Gasteiger partial charge < -0.3 is 25.4 Å². The minimum Gasteiger partial charge on any atom is -0.491 e. The van der Waals surface area contributed by atoms with Crippen molar-refractivity contribution in [2.45, 2.75) is 43.7 Å². The molecule has 0 spiro atoms. The largest absolute Gasteiger partial charge is 0.491 e. The minimum absolute atomic E-state index is 0.0840. The van der Waals surface area contributed by atoms with Crippen molar-refractivity contribution in [1.29, 1.82) is 0 Å². The van der Waals surface area contributed by atoms with E-state index in [2.05, 4.69) is 16.0 Å². The Morgan fingerprint density at radius 2 is 1.52 bits per heavy atom. The summed E-state index contributed by atoms with van der Waals surface area (Å²) >= 11 is 0. The van der Waals surface area contributed by atoms with Crippen LogP contribution in [0.5, 0.6) is 5.75 Å². The number of amides is 1. The summed E-state index contributed by atoms with van der Waals surface area (Å²) in [5, 5.41) is 9.90. The van der Waals surface area contributed by atoms with Crippen LogP contribution in [0.2, 0.25) is 0 Å². The van der Waals surface area contributed by atoms with Gasteiger partial charge in [0.15, 0.2) is 0 Å². The normalized spacial score (nSPS) is 17.4. The fraction of sp³-hybridized carbons (Fsp3) is 0.286. The predicted molar refractivity (Wildman–Crippen MR) is 166 cm³/mol. The van der Waals surface area contributed by atoms with Gasteiger partial charge in [0.25, 0.3) is 0 Å². The van der Waals surface area contributed by atoms with E-state index < -0.39 is 17.8 Å². The number of rotatable bonds is 12. The second-order valence-corrected chi connectivity index (χ2v) is 10.8. The van der Waals surface area contributed by atoms with Crippen LogP contribution in [0.15, 0.2) is 109 Å². The number of aryl methyl sites for hydroxylation is 1. The Bertz CT molecular complexity index is 1430. The number of halogens is 3. The fourth-order valence-electron chi connectivity index (χ4n) is 5.16. The molecule has 5 rings (SSSR count). The van der Waals surface area contributed by atoms with E-state index in [9.17, 15) is 18.0 Å². The predicted octanol–water partition coefficient (Wildman–Crippen LogP) is 6.74. The van der Waals surface area contributed by atoms with Crippen molar-refractivity contribution in [3.8, 4) is 5.75 Å². The molecule has 0 aliphatic carbocycles. The number of morpholine rings is 1. The summed E-state index contributed by atoms with van der Waals surface area (Å²) in [7, 11) is 0. The lowest BCUT2D eigenvalue weighted by molar-refractivity contribution is -0.137. The lowest BCUT2D eigenvalue weighted by Gasteiger charge is -2.31. The maximum Gasteiger partial charge on any atom is 0.416 e. The van der Waals surface area contributed by atoms with Crippen molar-refractivity contribution in [3.05, 3.63) is 126 Å². The van der Waals surface area contributed by atoms with Gasteiger partial charge in [-0.2, -0.15) is 13.2 Å². The third kappa shape index (κ3) is 9.08. The second-order valence-electron chi connectivity index (χ2n) is 10.8. The van der Waals surface area contributed by atoms with E-state index in [0.29, 0.717) is 38.1 Å². The van der Waals surface area contributed by atoms with E-state index in [0.717, 1.165) is 34.6 Å². The molecule has 0 bridgehead atoms. The number of hydrogen-bond donors (Lipinski definition) is 3. The number of ether oxygens (including phenoxy) is 2. The molecule has 0 aromatic heterocycles. The van der Waals surface area contributed by atoms with E-state index in [1.165, 1.54) is 12.1 Å². The summed E-state index contributed by atoms with van der Waals surface area (Å²) in [6, 6.07) is 31.6. The molecule has 1 amide bonds. The van der Waals surface area contributed by atoms with E-state index in [1.54, 1.807) is 0 Å². The number of nitrogens with one attached hydrogen (secondary N) is 3. The van der Waals surface area contributed by atoms with Gasteiger partial charge >= 0.3 is 6.18 Å². The molecule has 1 aliphatic rings. The lowest BCUT2D eigenvalue weighted by Crippen LogP contribution is -2.47. The van der Waals surface area contributed by atoms with Crippen LogP contribution in [0.3, 0.4) is 0 Å². The third-order valence-electron chi connectivity index (χ3n) is 7.47. The van der Waals surface area contributed by atoms with Crippen LogP contribution in [0.4, 0.5) is 24.5 Å². The number of alkyl halides is 3. The second kappa shape index (κ2) is 14.9. The molecule has 230 valence electrons. The van der Waals surface area contributed by atoms with Gasteiger partial charge in [-0.15, -0.1) is 0 Å². The Kier molecular flexibility index (Phi) is 10.5. The Hall–Kier alpha value is -4.34. The van der Waals surface area contributed by atoms with Gasteiger partial charge in [-0.3, -0.25) is 4.79 Å². The summed E-state index contributed by atoms with van der Waals surface area (Å²) in [6.45, 7) is 1.48. The van der Waals surface area contributed by atoms with Crippen molar-refractivity contribution >= 4 is 17.3 Å². The van der Waals surface area contributed by atoms with Crippen molar-refractivity contribution in [1.82, 2.24) is 5.32 Å². The molecule has 3 N–H and O–H groups in total. The average molecular weight is 604 g/mol. The molecule has 1 saturated heterocycles. The summed E-state index contributed by atoms with van der Waals surface area (Å²) in [6.07, 6.45) is -2.78. The van der Waals surface area contributed by atoms with Crippen molar-refractivity contribution in [3.63, 3.8) is 0 Å². The zero-order valence-electron chi connectivity index (χ0n) is 24.2. The van der Waals surface area contributed by atoms with Crippen LogP contribution < -0.4 is 20.7 Å². The monoisotopic (exact) mass is 603 g/mol. The van der Waals surface area contributed by atoms with Gasteiger partial charge in [-0.25, -0.2) is 0 Å². The Morgan fingerprint density at radius 3 is 2.25 bits per heavy atom. The highest BCUT2D eigenvalue weighted by atomic mass is 19.4. The lowest BCUT2D eigenvalue weighted by atomic mass is 10.0. The van der Waals surface area contributed by atoms with Crippen LogP contribution in [-0.4, -0.2) is 43.9 Å². The van der Waals surface area contributed by atoms with E-state index in [4.69, 9.17) is 9.47 Å². The number of anilines is 2. The molecule has 0 radical (unpaired) electrons. The van der Waals surface area contributed by atoms with E-state index in [-0.39, 0.29) is 24.7 Å². The zero-order chi connectivity index (χ0) is 30.8. The summed E-state index contributed by atoms with van der Waals surface area (Å²) in [5.74, 6) is 0.238. The van der Waals surface area contributed by atoms with E-state index >= 15 is 0 Å². The molecular weight excluding hydrogens is 567 g/mol. The molecule has 9 heteroatoms. The number of carbonyl (C=O) groups excluding carboxylic acids is 1. The van der Waals surface area contributed by atoms with Crippen molar-refractivity contribution in [2.75, 3.05) is 30.3 Å². The molecule has 1 aliphatic heterocycles. The van der Waals surface area contributed by atoms with Gasteiger partial charge in [0.05, 0.1) is 11.7 Å². The zero-order valence-corrected chi connectivity index (χ0v) is 24.2. The minimum atomic E-state index is -4.38. The molecule has 6 nitrogen and oxygen atoms in total. The standard InChI is InChI=1S/C35H36F3N3O3/c36-35(37,38)27-16-19-29(20-17-27)43-24-31-23-39-22-30(44-31)18-15-26-11-7-8-14-32(26)41-34(42)33(21-25-9-3-1-4-10-25)40-28-12-5-2-6-13-28/h1-14,16-17,19-20,30-31,33,39-40H,15,18,21-24H2,(H,41,42)/t30-,31+,33+/m1/s1. The first-order chi connectivity index (χ1) is 21.3. The van der Waals surface area contributed by atoms with E-state index in [1.807, 2.05) is 84.9 Å². The van der Waals surface area contributed by atoms with Crippen LogP contribution in [0, 0.1) is 0 Å². The van der Waals surface area contributed by atoms with Crippen LogP contribution in [-0.2, 0) is 28.5 Å². The molecule has 44 heavy (non-hydrogen) atoms. The first kappa shape index (κ1) is 31.1. The number of benzene rings is 4. The summed E-state index contributed by atoms with van der Waals surface area (Å²) in [4.78, 5) is 13.6. The summed E-state index contributed by atoms with van der Waals surface area (Å²) < 4.78 is 50.4.